The van der Waals surface area contributed by atoms with Gasteiger partial charge in [0.25, 0.3) is 0 Å². The minimum absolute atomic E-state index is 0.0913. The normalized spacial score (nSPS) is 12.3. The lowest BCUT2D eigenvalue weighted by atomic mass is 10.1. The fourth-order valence-corrected chi connectivity index (χ4v) is 2.91. The quantitative estimate of drug-likeness (QED) is 0.487. The molecule has 0 fully saturated rings. The lowest BCUT2D eigenvalue weighted by Gasteiger charge is -2.11. The summed E-state index contributed by atoms with van der Waals surface area (Å²) in [6.07, 6.45) is 1.79. The number of nitrogens with one attached hydrogen (secondary N) is 2. The largest absolute Gasteiger partial charge is 0.354 e. The summed E-state index contributed by atoms with van der Waals surface area (Å²) in [4.78, 5) is 19.7. The number of imidazole rings is 1. The Morgan fingerprint density at radius 1 is 1.19 bits per heavy atom. The molecule has 1 heterocycles. The first-order valence-electron chi connectivity index (χ1n) is 9.02. The minimum Gasteiger partial charge on any atom is -0.354 e. The second kappa shape index (κ2) is 8.75. The van der Waals surface area contributed by atoms with Crippen molar-refractivity contribution in [2.45, 2.75) is 25.3 Å². The lowest BCUT2D eigenvalue weighted by molar-refractivity contribution is -0.120. The second-order valence-electron chi connectivity index (χ2n) is 6.59. The Balaban J connectivity index is 1.64. The summed E-state index contributed by atoms with van der Waals surface area (Å²) in [5, 5.41) is 2.83. The maximum absolute atomic E-state index is 13.1. The lowest BCUT2D eigenvalue weighted by Crippen LogP contribution is -2.38. The second-order valence-corrected chi connectivity index (χ2v) is 6.59. The molecule has 0 radical (unpaired) electrons. The van der Waals surface area contributed by atoms with Crippen LogP contribution in [0.1, 0.15) is 18.7 Å². The third kappa shape index (κ3) is 5.12. The van der Waals surface area contributed by atoms with Gasteiger partial charge in [-0.1, -0.05) is 18.2 Å². The number of carbonyl (C=O) groups is 1. The van der Waals surface area contributed by atoms with Crippen LogP contribution in [0.4, 0.5) is 4.39 Å². The minimum atomic E-state index is -0.266. The van der Waals surface area contributed by atoms with Crippen molar-refractivity contribution >= 4 is 16.9 Å². The fourth-order valence-electron chi connectivity index (χ4n) is 2.91. The van der Waals surface area contributed by atoms with Crippen molar-refractivity contribution in [3.8, 4) is 11.1 Å². The topological polar surface area (TPSA) is 110 Å². The van der Waals surface area contributed by atoms with E-state index in [2.05, 4.69) is 15.3 Å². The number of amides is 1. The van der Waals surface area contributed by atoms with Crippen molar-refractivity contribution in [3.63, 3.8) is 0 Å². The SMILES string of the molecule is NCCC[C@H](N)CNC(=O)Cc1nc2ccc(-c3ccc(F)cc3)cc2[nH]1. The van der Waals surface area contributed by atoms with E-state index < -0.39 is 0 Å². The highest BCUT2D eigenvalue weighted by molar-refractivity contribution is 5.83. The Hall–Kier alpha value is -2.77. The highest BCUT2D eigenvalue weighted by Crippen LogP contribution is 2.23. The van der Waals surface area contributed by atoms with E-state index in [-0.39, 0.29) is 24.2 Å². The van der Waals surface area contributed by atoms with Gasteiger partial charge in [0.1, 0.15) is 11.6 Å². The van der Waals surface area contributed by atoms with E-state index >= 15 is 0 Å². The number of nitrogens with two attached hydrogens (primary N) is 2. The number of fused-ring (bicyclic) bond motifs is 1. The molecule has 7 heteroatoms. The monoisotopic (exact) mass is 369 g/mol. The van der Waals surface area contributed by atoms with Gasteiger partial charge in [0, 0.05) is 12.6 Å². The molecule has 27 heavy (non-hydrogen) atoms. The van der Waals surface area contributed by atoms with Crippen LogP contribution < -0.4 is 16.8 Å². The third-order valence-electron chi connectivity index (χ3n) is 4.38. The van der Waals surface area contributed by atoms with Crippen molar-refractivity contribution in [2.24, 2.45) is 11.5 Å². The molecular formula is C20H24FN5O. The van der Waals surface area contributed by atoms with Crippen molar-refractivity contribution in [2.75, 3.05) is 13.1 Å². The first kappa shape index (κ1) is 19.0. The van der Waals surface area contributed by atoms with E-state index in [9.17, 15) is 9.18 Å². The number of carbonyl (C=O) groups excluding carboxylic acids is 1. The maximum atomic E-state index is 13.1. The Morgan fingerprint density at radius 2 is 1.93 bits per heavy atom. The first-order valence-corrected chi connectivity index (χ1v) is 9.02. The Kier molecular flexibility index (Phi) is 6.16. The van der Waals surface area contributed by atoms with Gasteiger partial charge >= 0.3 is 0 Å². The molecule has 0 saturated carbocycles. The van der Waals surface area contributed by atoms with Gasteiger partial charge in [-0.25, -0.2) is 9.37 Å². The van der Waals surface area contributed by atoms with Crippen LogP contribution in [0.15, 0.2) is 42.5 Å². The molecule has 0 bridgehead atoms. The van der Waals surface area contributed by atoms with Crippen LogP contribution in [0.5, 0.6) is 0 Å². The standard InChI is InChI=1S/C20H24FN5O/c21-15-6-3-13(4-7-15)14-5-8-17-18(10-14)26-19(25-17)11-20(27)24-12-16(23)2-1-9-22/h3-8,10,16H,1-2,9,11-12,22-23H2,(H,24,27)(H,25,26)/t16-/m0/s1. The fraction of sp³-hybridized carbons (Fsp3) is 0.300. The van der Waals surface area contributed by atoms with Crippen LogP contribution in [0.3, 0.4) is 0 Å². The molecule has 0 aliphatic heterocycles. The summed E-state index contributed by atoms with van der Waals surface area (Å²) in [7, 11) is 0. The van der Waals surface area contributed by atoms with Crippen molar-refractivity contribution in [1.82, 2.24) is 15.3 Å². The third-order valence-corrected chi connectivity index (χ3v) is 4.38. The van der Waals surface area contributed by atoms with Crippen LogP contribution >= 0.6 is 0 Å². The number of H-pyrrole nitrogens is 1. The molecule has 142 valence electrons. The molecule has 0 aliphatic carbocycles. The Morgan fingerprint density at radius 3 is 2.67 bits per heavy atom. The number of benzene rings is 2. The molecule has 0 aliphatic rings. The van der Waals surface area contributed by atoms with E-state index in [0.717, 1.165) is 35.0 Å². The molecule has 1 amide bonds. The number of hydrogen-bond acceptors (Lipinski definition) is 4. The maximum Gasteiger partial charge on any atom is 0.227 e. The van der Waals surface area contributed by atoms with Crippen LogP contribution in [0.2, 0.25) is 0 Å². The number of halogens is 1. The zero-order chi connectivity index (χ0) is 19.2. The van der Waals surface area contributed by atoms with Crippen LogP contribution in [0, 0.1) is 5.82 Å². The van der Waals surface area contributed by atoms with Crippen molar-refractivity contribution < 1.29 is 9.18 Å². The van der Waals surface area contributed by atoms with E-state index in [1.807, 2.05) is 18.2 Å². The first-order chi connectivity index (χ1) is 13.0. The molecule has 6 N–H and O–H groups in total. The molecule has 1 aromatic heterocycles. The van der Waals surface area contributed by atoms with E-state index in [0.29, 0.717) is 18.9 Å². The van der Waals surface area contributed by atoms with Crippen LogP contribution in [-0.2, 0) is 11.2 Å². The van der Waals surface area contributed by atoms with Gasteiger partial charge in [0.05, 0.1) is 17.5 Å². The summed E-state index contributed by atoms with van der Waals surface area (Å²) < 4.78 is 13.1. The predicted octanol–water partition coefficient (Wildman–Crippen LogP) is 2.09. The molecule has 6 nitrogen and oxygen atoms in total. The van der Waals surface area contributed by atoms with E-state index in [4.69, 9.17) is 11.5 Å². The number of aromatic nitrogens is 2. The molecule has 0 unspecified atom stereocenters. The average Bonchev–Trinajstić information content (AvgIpc) is 3.06. The van der Waals surface area contributed by atoms with Gasteiger partial charge in [-0.05, 0) is 54.8 Å². The summed E-state index contributed by atoms with van der Waals surface area (Å²) in [5.74, 6) is 0.197. The smallest absolute Gasteiger partial charge is 0.227 e. The molecular weight excluding hydrogens is 345 g/mol. The predicted molar refractivity (Wildman–Crippen MR) is 104 cm³/mol. The van der Waals surface area contributed by atoms with Crippen molar-refractivity contribution in [3.05, 3.63) is 54.1 Å². The van der Waals surface area contributed by atoms with Gasteiger partial charge in [0.2, 0.25) is 5.91 Å². The van der Waals surface area contributed by atoms with Gasteiger partial charge in [-0.3, -0.25) is 4.79 Å². The summed E-state index contributed by atoms with van der Waals surface area (Å²) >= 11 is 0. The van der Waals surface area contributed by atoms with E-state index in [1.165, 1.54) is 12.1 Å². The van der Waals surface area contributed by atoms with Gasteiger partial charge in [-0.2, -0.15) is 0 Å². The number of nitrogens with zero attached hydrogens (tertiary/aromatic N) is 1. The average molecular weight is 369 g/mol. The van der Waals surface area contributed by atoms with Gasteiger partial charge in [-0.15, -0.1) is 0 Å². The Bertz CT molecular complexity index is 906. The summed E-state index contributed by atoms with van der Waals surface area (Å²) in [5.41, 5.74) is 14.9. The molecule has 2 aromatic carbocycles. The number of aromatic amines is 1. The highest BCUT2D eigenvalue weighted by atomic mass is 19.1. The molecule has 0 saturated heterocycles. The Labute approximate surface area is 157 Å². The summed E-state index contributed by atoms with van der Waals surface area (Å²) in [6.45, 7) is 1.02. The van der Waals surface area contributed by atoms with Crippen LogP contribution in [0.25, 0.3) is 22.2 Å². The molecule has 1 atom stereocenters. The van der Waals surface area contributed by atoms with E-state index in [1.54, 1.807) is 12.1 Å². The molecule has 3 aromatic rings. The van der Waals surface area contributed by atoms with Crippen molar-refractivity contribution in [1.29, 1.82) is 0 Å². The molecule has 3 rings (SSSR count). The zero-order valence-electron chi connectivity index (χ0n) is 15.0. The van der Waals surface area contributed by atoms with Gasteiger partial charge in [0.15, 0.2) is 0 Å². The highest BCUT2D eigenvalue weighted by Gasteiger charge is 2.11. The van der Waals surface area contributed by atoms with Gasteiger partial charge < -0.3 is 21.8 Å². The zero-order valence-corrected chi connectivity index (χ0v) is 15.0. The number of rotatable bonds is 8. The summed E-state index contributed by atoms with van der Waals surface area (Å²) in [6, 6.07) is 12.0. The number of hydrogen-bond donors (Lipinski definition) is 4. The van der Waals surface area contributed by atoms with Crippen LogP contribution in [-0.4, -0.2) is 35.0 Å². The molecule has 0 spiro atoms.